The summed E-state index contributed by atoms with van der Waals surface area (Å²) in [5.74, 6) is 0. The molecule has 0 N–H and O–H groups in total. The molecule has 2 heterocycles. The van der Waals surface area contributed by atoms with Crippen molar-refractivity contribution in [2.75, 3.05) is 39.4 Å². The number of morpholine rings is 1. The molecule has 0 unspecified atom stereocenters. The van der Waals surface area contributed by atoms with E-state index in [-0.39, 0.29) is 5.41 Å². The van der Waals surface area contributed by atoms with E-state index >= 15 is 0 Å². The summed E-state index contributed by atoms with van der Waals surface area (Å²) in [6, 6.07) is 7.35. The highest BCUT2D eigenvalue weighted by molar-refractivity contribution is 7.89. The van der Waals surface area contributed by atoms with E-state index < -0.39 is 10.0 Å². The van der Waals surface area contributed by atoms with Crippen molar-refractivity contribution < 1.29 is 13.2 Å². The molecular formula is C18H26N2O3S. The molecule has 2 aliphatic heterocycles. The first kappa shape index (κ1) is 17.6. The molecule has 0 spiro atoms. The van der Waals surface area contributed by atoms with Gasteiger partial charge in [-0.25, -0.2) is 8.42 Å². The van der Waals surface area contributed by atoms with Crippen molar-refractivity contribution in [2.45, 2.75) is 25.3 Å². The first-order valence-electron chi connectivity index (χ1n) is 8.37. The maximum atomic E-state index is 13.0. The normalized spacial score (nSPS) is 22.1. The Bertz CT molecular complexity index is 718. The molecule has 0 radical (unpaired) electrons. The van der Waals surface area contributed by atoms with Crippen LogP contribution in [0.1, 0.15) is 19.4 Å². The molecule has 2 fully saturated rings. The first-order chi connectivity index (χ1) is 11.3. The number of benzene rings is 1. The van der Waals surface area contributed by atoms with Gasteiger partial charge in [-0.15, -0.1) is 0 Å². The predicted molar refractivity (Wildman–Crippen MR) is 94.2 cm³/mol. The fourth-order valence-corrected chi connectivity index (χ4v) is 5.00. The Hall–Kier alpha value is -1.21. The Morgan fingerprint density at radius 3 is 2.50 bits per heavy atom. The summed E-state index contributed by atoms with van der Waals surface area (Å²) in [6.07, 6.45) is 0. The summed E-state index contributed by atoms with van der Waals surface area (Å²) in [7, 11) is -3.46. The van der Waals surface area contributed by atoms with E-state index in [9.17, 15) is 8.42 Å². The van der Waals surface area contributed by atoms with Gasteiger partial charge in [-0.3, -0.25) is 4.90 Å². The van der Waals surface area contributed by atoms with Crippen molar-refractivity contribution in [3.05, 3.63) is 42.0 Å². The van der Waals surface area contributed by atoms with Crippen LogP contribution in [0.5, 0.6) is 0 Å². The van der Waals surface area contributed by atoms with Crippen molar-refractivity contribution >= 4 is 10.0 Å². The second-order valence-electron chi connectivity index (χ2n) is 7.11. The first-order valence-corrected chi connectivity index (χ1v) is 9.81. The molecule has 0 atom stereocenters. The van der Waals surface area contributed by atoms with Gasteiger partial charge in [-0.05, 0) is 18.6 Å². The van der Waals surface area contributed by atoms with Gasteiger partial charge in [0.1, 0.15) is 0 Å². The third-order valence-corrected chi connectivity index (χ3v) is 7.13. The summed E-state index contributed by atoms with van der Waals surface area (Å²) in [5, 5.41) is 0. The van der Waals surface area contributed by atoms with Crippen molar-refractivity contribution in [3.63, 3.8) is 0 Å². The molecule has 24 heavy (non-hydrogen) atoms. The smallest absolute Gasteiger partial charge is 0.243 e. The molecule has 6 heteroatoms. The second kappa shape index (κ2) is 6.59. The van der Waals surface area contributed by atoms with Crippen LogP contribution in [0, 0.1) is 5.41 Å². The number of hydrogen-bond acceptors (Lipinski definition) is 4. The van der Waals surface area contributed by atoms with Gasteiger partial charge in [0.25, 0.3) is 0 Å². The van der Waals surface area contributed by atoms with Crippen LogP contribution in [-0.2, 0) is 21.3 Å². The molecule has 1 aromatic rings. The summed E-state index contributed by atoms with van der Waals surface area (Å²) >= 11 is 0. The monoisotopic (exact) mass is 350 g/mol. The lowest BCUT2D eigenvalue weighted by atomic mass is 9.76. The number of nitrogens with zero attached hydrogens (tertiary/aromatic N) is 2. The van der Waals surface area contributed by atoms with E-state index in [2.05, 4.69) is 25.3 Å². The maximum Gasteiger partial charge on any atom is 0.243 e. The molecule has 0 aromatic heterocycles. The van der Waals surface area contributed by atoms with Gasteiger partial charge >= 0.3 is 0 Å². The summed E-state index contributed by atoms with van der Waals surface area (Å²) in [4.78, 5) is 2.71. The lowest BCUT2D eigenvalue weighted by Gasteiger charge is -2.49. The molecule has 132 valence electrons. The van der Waals surface area contributed by atoms with Gasteiger partial charge < -0.3 is 4.74 Å². The van der Waals surface area contributed by atoms with Crippen LogP contribution in [0.15, 0.2) is 41.3 Å². The number of ether oxygens (including phenoxy) is 1. The zero-order valence-corrected chi connectivity index (χ0v) is 15.3. The van der Waals surface area contributed by atoms with Crippen LogP contribution in [0.4, 0.5) is 0 Å². The second-order valence-corrected chi connectivity index (χ2v) is 9.02. The number of sulfonamides is 1. The van der Waals surface area contributed by atoms with E-state index in [4.69, 9.17) is 4.74 Å². The Morgan fingerprint density at radius 1 is 1.25 bits per heavy atom. The zero-order chi connectivity index (χ0) is 17.4. The molecular weight excluding hydrogens is 324 g/mol. The van der Waals surface area contributed by atoms with E-state index in [1.54, 1.807) is 12.1 Å². The largest absolute Gasteiger partial charge is 0.379 e. The van der Waals surface area contributed by atoms with E-state index in [1.807, 2.05) is 12.1 Å². The molecule has 0 aliphatic carbocycles. The van der Waals surface area contributed by atoms with Gasteiger partial charge in [0, 0.05) is 38.1 Å². The van der Waals surface area contributed by atoms with E-state index in [1.165, 1.54) is 9.88 Å². The third kappa shape index (κ3) is 3.28. The summed E-state index contributed by atoms with van der Waals surface area (Å²) < 4.78 is 32.7. The Balaban J connectivity index is 1.78. The number of likely N-dealkylation sites (tertiary alicyclic amines) is 1. The molecule has 2 saturated heterocycles. The highest BCUT2D eigenvalue weighted by Gasteiger charge is 2.39. The van der Waals surface area contributed by atoms with Gasteiger partial charge in [-0.2, -0.15) is 4.31 Å². The Kier molecular flexibility index (Phi) is 4.84. The molecule has 1 aromatic carbocycles. The topological polar surface area (TPSA) is 49.9 Å². The SMILES string of the molecule is C=C(C)C1(C)CN(Cc2ccccc2S(=O)(=O)N2CCOCC2)C1. The van der Waals surface area contributed by atoms with Crippen molar-refractivity contribution in [1.29, 1.82) is 0 Å². The van der Waals surface area contributed by atoms with Crippen molar-refractivity contribution in [3.8, 4) is 0 Å². The van der Waals surface area contributed by atoms with Crippen LogP contribution >= 0.6 is 0 Å². The standard InChI is InChI=1S/C18H26N2O3S/c1-15(2)18(3)13-19(14-18)12-16-6-4-5-7-17(16)24(21,22)20-8-10-23-11-9-20/h4-7H,1,8-14H2,2-3H3. The average molecular weight is 350 g/mol. The Labute approximate surface area is 145 Å². The van der Waals surface area contributed by atoms with Gasteiger partial charge in [0.05, 0.1) is 18.1 Å². The number of rotatable bonds is 5. The van der Waals surface area contributed by atoms with Gasteiger partial charge in [0.2, 0.25) is 10.0 Å². The average Bonchev–Trinajstić information content (AvgIpc) is 2.54. The molecule has 2 aliphatic rings. The van der Waals surface area contributed by atoms with Crippen LogP contribution < -0.4 is 0 Å². The molecule has 0 saturated carbocycles. The molecule has 0 bridgehead atoms. The maximum absolute atomic E-state index is 13.0. The summed E-state index contributed by atoms with van der Waals surface area (Å²) in [5.41, 5.74) is 2.21. The fraction of sp³-hybridized carbons (Fsp3) is 0.556. The lowest BCUT2D eigenvalue weighted by Crippen LogP contribution is -2.54. The van der Waals surface area contributed by atoms with Crippen LogP contribution in [0.3, 0.4) is 0 Å². The highest BCUT2D eigenvalue weighted by atomic mass is 32.2. The predicted octanol–water partition coefficient (Wildman–Crippen LogP) is 2.11. The Morgan fingerprint density at radius 2 is 1.88 bits per heavy atom. The quantitative estimate of drug-likeness (QED) is 0.763. The van der Waals surface area contributed by atoms with Gasteiger partial charge in [0.15, 0.2) is 0 Å². The molecule has 3 rings (SSSR count). The van der Waals surface area contributed by atoms with Crippen molar-refractivity contribution in [2.24, 2.45) is 5.41 Å². The minimum atomic E-state index is -3.46. The van der Waals surface area contributed by atoms with Gasteiger partial charge in [-0.1, -0.05) is 37.3 Å². The third-order valence-electron chi connectivity index (χ3n) is 5.13. The molecule has 5 nitrogen and oxygen atoms in total. The lowest BCUT2D eigenvalue weighted by molar-refractivity contribution is 0.0376. The molecule has 0 amide bonds. The summed E-state index contributed by atoms with van der Waals surface area (Å²) in [6.45, 7) is 12.6. The fourth-order valence-electron chi connectivity index (χ4n) is 3.38. The minimum absolute atomic E-state index is 0.151. The zero-order valence-electron chi connectivity index (χ0n) is 14.5. The van der Waals surface area contributed by atoms with Crippen LogP contribution in [0.25, 0.3) is 0 Å². The highest BCUT2D eigenvalue weighted by Crippen LogP contribution is 2.37. The minimum Gasteiger partial charge on any atom is -0.379 e. The van der Waals surface area contributed by atoms with E-state index in [0.29, 0.717) is 37.7 Å². The van der Waals surface area contributed by atoms with E-state index in [0.717, 1.165) is 18.7 Å². The van der Waals surface area contributed by atoms with Crippen molar-refractivity contribution in [1.82, 2.24) is 9.21 Å². The number of hydrogen-bond donors (Lipinski definition) is 0. The van der Waals surface area contributed by atoms with Crippen LogP contribution in [0.2, 0.25) is 0 Å². The van der Waals surface area contributed by atoms with Crippen LogP contribution in [-0.4, -0.2) is 57.0 Å².